The zero-order valence-electron chi connectivity index (χ0n) is 29.7. The fourth-order valence-electron chi connectivity index (χ4n) is 9.86. The Bertz CT molecular complexity index is 3960. The zero-order chi connectivity index (χ0) is 36.2. The second kappa shape index (κ2) is 10.1. The zero-order valence-corrected chi connectivity index (χ0v) is 29.7. The summed E-state index contributed by atoms with van der Waals surface area (Å²) < 4.78 is 13.9. The molecule has 14 rings (SSSR count). The molecule has 0 saturated carbocycles. The van der Waals surface area contributed by atoms with E-state index >= 15 is 0 Å². The number of aromatic nitrogens is 5. The fraction of sp³-hybridized carbons (Fsp3) is 0. The van der Waals surface area contributed by atoms with Crippen LogP contribution < -0.4 is 0 Å². The summed E-state index contributed by atoms with van der Waals surface area (Å²) in [5.74, 6) is 1.31. The van der Waals surface area contributed by atoms with E-state index in [1.54, 1.807) is 0 Å². The van der Waals surface area contributed by atoms with Crippen LogP contribution in [0.15, 0.2) is 168 Å². The van der Waals surface area contributed by atoms with E-state index in [0.717, 1.165) is 54.7 Å². The van der Waals surface area contributed by atoms with Gasteiger partial charge in [-0.05, 0) is 65.4 Å². The maximum Gasteiger partial charge on any atom is 0.237 e. The third-order valence-corrected chi connectivity index (χ3v) is 12.1. The van der Waals surface area contributed by atoms with Crippen LogP contribution in [0.5, 0.6) is 0 Å². The molecule has 0 radical (unpaired) electrons. The van der Waals surface area contributed by atoms with Crippen molar-refractivity contribution in [3.05, 3.63) is 164 Å². The van der Waals surface area contributed by atoms with Gasteiger partial charge in [0.15, 0.2) is 11.4 Å². The standard InChI is InChI=1S/C50H27N5O/c1-2-14-29-26-42-37(25-28(29)13-1)44-46-35(32-17-5-8-20-38(32)53(42)46)27-36-33-18-6-11-23-41(33)55(47(36)44)49-48-45(34-19-7-12-24-43(34)56-48)51-50(52-49)54-39-21-9-3-15-30(39)31-16-4-10-22-40(31)54/h1-27H. The number of hydrogen-bond donors (Lipinski definition) is 0. The average molecular weight is 714 g/mol. The van der Waals surface area contributed by atoms with E-state index in [-0.39, 0.29) is 0 Å². The second-order valence-electron chi connectivity index (χ2n) is 15.0. The summed E-state index contributed by atoms with van der Waals surface area (Å²) >= 11 is 0. The normalized spacial score (nSPS) is 12.6. The highest BCUT2D eigenvalue weighted by atomic mass is 16.3. The molecule has 0 saturated heterocycles. The van der Waals surface area contributed by atoms with Crippen LogP contribution >= 0.6 is 0 Å². The van der Waals surface area contributed by atoms with E-state index in [1.807, 2.05) is 12.1 Å². The smallest absolute Gasteiger partial charge is 0.237 e. The molecule has 0 unspecified atom stereocenters. The van der Waals surface area contributed by atoms with E-state index in [4.69, 9.17) is 14.4 Å². The molecular formula is C50H27N5O. The van der Waals surface area contributed by atoms with Crippen molar-refractivity contribution in [3.63, 3.8) is 0 Å². The van der Waals surface area contributed by atoms with Gasteiger partial charge in [-0.25, -0.2) is 4.98 Å². The molecule has 56 heavy (non-hydrogen) atoms. The van der Waals surface area contributed by atoms with Crippen LogP contribution in [0.1, 0.15) is 0 Å². The maximum atomic E-state index is 6.84. The largest absolute Gasteiger partial charge is 0.450 e. The van der Waals surface area contributed by atoms with Gasteiger partial charge in [0.05, 0.1) is 38.6 Å². The van der Waals surface area contributed by atoms with Crippen LogP contribution in [-0.2, 0) is 0 Å². The highest BCUT2D eigenvalue weighted by Gasteiger charge is 2.28. The Hall–Kier alpha value is -7.70. The topological polar surface area (TPSA) is 53.2 Å². The van der Waals surface area contributed by atoms with Gasteiger partial charge >= 0.3 is 0 Å². The summed E-state index contributed by atoms with van der Waals surface area (Å²) in [6.07, 6.45) is 0. The van der Waals surface area contributed by atoms with E-state index in [1.165, 1.54) is 54.3 Å². The lowest BCUT2D eigenvalue weighted by Crippen LogP contribution is -2.06. The monoisotopic (exact) mass is 713 g/mol. The molecule has 6 heteroatoms. The van der Waals surface area contributed by atoms with Crippen molar-refractivity contribution in [3.8, 4) is 11.8 Å². The molecule has 6 heterocycles. The summed E-state index contributed by atoms with van der Waals surface area (Å²) in [6.45, 7) is 0. The molecule has 0 aliphatic rings. The second-order valence-corrected chi connectivity index (χ2v) is 15.0. The van der Waals surface area contributed by atoms with Crippen molar-refractivity contribution in [2.45, 2.75) is 0 Å². The number of furan rings is 1. The van der Waals surface area contributed by atoms with Crippen LogP contribution in [0.2, 0.25) is 0 Å². The van der Waals surface area contributed by atoms with E-state index < -0.39 is 0 Å². The molecule has 0 aliphatic heterocycles. The quantitative estimate of drug-likeness (QED) is 0.179. The first kappa shape index (κ1) is 28.8. The van der Waals surface area contributed by atoms with Crippen LogP contribution in [0, 0.1) is 0 Å². The van der Waals surface area contributed by atoms with Crippen molar-refractivity contribution in [1.29, 1.82) is 0 Å². The summed E-state index contributed by atoms with van der Waals surface area (Å²) in [4.78, 5) is 11.0. The van der Waals surface area contributed by atoms with E-state index in [9.17, 15) is 0 Å². The first-order chi connectivity index (χ1) is 27.8. The van der Waals surface area contributed by atoms with Gasteiger partial charge in [0.1, 0.15) is 11.1 Å². The Morgan fingerprint density at radius 3 is 1.64 bits per heavy atom. The first-order valence-electron chi connectivity index (χ1n) is 19.0. The molecule has 0 amide bonds. The number of benzene rings is 8. The summed E-state index contributed by atoms with van der Waals surface area (Å²) in [7, 11) is 0. The Kier molecular flexibility index (Phi) is 5.18. The fourth-order valence-corrected chi connectivity index (χ4v) is 9.86. The molecule has 0 fully saturated rings. The highest BCUT2D eigenvalue weighted by molar-refractivity contribution is 6.35. The van der Waals surface area contributed by atoms with Crippen molar-refractivity contribution in [2.75, 3.05) is 0 Å². The van der Waals surface area contributed by atoms with Gasteiger partial charge in [-0.1, -0.05) is 109 Å². The Balaban J connectivity index is 1.24. The van der Waals surface area contributed by atoms with Crippen LogP contribution in [-0.4, -0.2) is 23.5 Å². The van der Waals surface area contributed by atoms with Gasteiger partial charge in [0.25, 0.3) is 0 Å². The van der Waals surface area contributed by atoms with Gasteiger partial charge in [-0.15, -0.1) is 0 Å². The molecule has 0 atom stereocenters. The van der Waals surface area contributed by atoms with Crippen molar-refractivity contribution < 1.29 is 4.42 Å². The predicted molar refractivity (Wildman–Crippen MR) is 230 cm³/mol. The molecular weight excluding hydrogens is 687 g/mol. The molecule has 0 N–H and O–H groups in total. The summed E-state index contributed by atoms with van der Waals surface area (Å²) in [5.41, 5.74) is 10.1. The lowest BCUT2D eigenvalue weighted by molar-refractivity contribution is 0.661. The summed E-state index contributed by atoms with van der Waals surface area (Å²) in [6, 6.07) is 58.6. The maximum absolute atomic E-state index is 6.84. The van der Waals surface area contributed by atoms with E-state index in [2.05, 4.69) is 165 Å². The van der Waals surface area contributed by atoms with E-state index in [0.29, 0.717) is 17.3 Å². The molecule has 0 spiro atoms. The van der Waals surface area contributed by atoms with Crippen molar-refractivity contribution in [2.24, 2.45) is 0 Å². The van der Waals surface area contributed by atoms with Gasteiger partial charge in [-0.2, -0.15) is 4.98 Å². The number of para-hydroxylation sites is 5. The average Bonchev–Trinajstić information content (AvgIpc) is 4.04. The number of rotatable bonds is 2. The van der Waals surface area contributed by atoms with Crippen LogP contribution in [0.25, 0.3) is 126 Å². The van der Waals surface area contributed by atoms with Gasteiger partial charge in [0, 0.05) is 48.5 Å². The Morgan fingerprint density at radius 1 is 0.393 bits per heavy atom. The third-order valence-electron chi connectivity index (χ3n) is 12.1. The van der Waals surface area contributed by atoms with Crippen LogP contribution in [0.3, 0.4) is 0 Å². The minimum absolute atomic E-state index is 0.598. The minimum atomic E-state index is 0.598. The summed E-state index contributed by atoms with van der Waals surface area (Å²) in [5, 5.41) is 12.9. The molecule has 8 aromatic carbocycles. The minimum Gasteiger partial charge on any atom is -0.450 e. The van der Waals surface area contributed by atoms with Gasteiger partial charge in [-0.3, -0.25) is 9.13 Å². The molecule has 0 bridgehead atoms. The van der Waals surface area contributed by atoms with Crippen molar-refractivity contribution >= 4 is 115 Å². The van der Waals surface area contributed by atoms with Crippen molar-refractivity contribution in [1.82, 2.24) is 23.5 Å². The molecule has 6 nitrogen and oxygen atoms in total. The first-order valence-corrected chi connectivity index (χ1v) is 19.0. The predicted octanol–water partition coefficient (Wildman–Crippen LogP) is 12.9. The highest BCUT2D eigenvalue weighted by Crippen LogP contribution is 2.48. The lowest BCUT2D eigenvalue weighted by Gasteiger charge is -2.12. The number of nitrogens with zero attached hydrogens (tertiary/aromatic N) is 5. The Morgan fingerprint density at radius 2 is 0.929 bits per heavy atom. The lowest BCUT2D eigenvalue weighted by atomic mass is 10.0. The molecule has 258 valence electrons. The number of fused-ring (bicyclic) bond motifs is 17. The SMILES string of the molecule is c1ccc2cc3c(cc2c1)c1c2c(cc4c5ccccc5n3c41)c1ccccc1n2-c1nc(-n2c3ccccc3c3ccccc32)nc2c1oc1ccccc12. The number of hydrogen-bond acceptors (Lipinski definition) is 3. The molecule has 0 aliphatic carbocycles. The van der Waals surface area contributed by atoms with Gasteiger partial charge in [0.2, 0.25) is 5.95 Å². The molecule has 6 aromatic heterocycles. The van der Waals surface area contributed by atoms with Gasteiger partial charge < -0.3 is 8.82 Å². The molecule has 14 aromatic rings. The third kappa shape index (κ3) is 3.44. The van der Waals surface area contributed by atoms with Crippen LogP contribution in [0.4, 0.5) is 0 Å². The Labute approximate surface area is 317 Å².